The summed E-state index contributed by atoms with van der Waals surface area (Å²) in [5.41, 5.74) is 0.744. The topological polar surface area (TPSA) is 76.7 Å². The molecule has 2 aromatic carbocycles. The van der Waals surface area contributed by atoms with Gasteiger partial charge in [-0.15, -0.1) is 0 Å². The number of hydrogen-bond acceptors (Lipinski definition) is 4. The Kier molecular flexibility index (Phi) is 7.10. The Bertz CT molecular complexity index is 719. The third-order valence-corrected chi connectivity index (χ3v) is 3.69. The zero-order valence-electron chi connectivity index (χ0n) is 13.8. The highest BCUT2D eigenvalue weighted by Gasteiger charge is 2.12. The molecule has 7 heteroatoms. The van der Waals surface area contributed by atoms with E-state index >= 15 is 0 Å². The predicted octanol–water partition coefficient (Wildman–Crippen LogP) is 2.16. The number of benzene rings is 2. The molecule has 0 aliphatic carbocycles. The van der Waals surface area contributed by atoms with Crippen LogP contribution < -0.4 is 20.1 Å². The van der Waals surface area contributed by atoms with Gasteiger partial charge in [0.05, 0.1) is 13.7 Å². The largest absolute Gasteiger partial charge is 0.497 e. The van der Waals surface area contributed by atoms with Crippen LogP contribution in [-0.4, -0.2) is 32.1 Å². The molecule has 2 amide bonds. The number of carbonyl (C=O) groups is 2. The number of halogens is 1. The molecule has 0 fully saturated rings. The molecule has 0 bridgehead atoms. The van der Waals surface area contributed by atoms with Crippen molar-refractivity contribution < 1.29 is 19.1 Å². The van der Waals surface area contributed by atoms with Crippen LogP contribution in [0.1, 0.15) is 5.56 Å². The van der Waals surface area contributed by atoms with Crippen molar-refractivity contribution in [2.45, 2.75) is 6.54 Å². The second-order valence-electron chi connectivity index (χ2n) is 5.05. The number of carbonyl (C=O) groups excluding carboxylic acids is 2. The van der Waals surface area contributed by atoms with Gasteiger partial charge in [-0.25, -0.2) is 0 Å². The van der Waals surface area contributed by atoms with Crippen molar-refractivity contribution in [3.05, 3.63) is 59.1 Å². The van der Waals surface area contributed by atoms with Crippen LogP contribution in [-0.2, 0) is 16.1 Å². The Morgan fingerprint density at radius 3 is 2.28 bits per heavy atom. The fourth-order valence-electron chi connectivity index (χ4n) is 1.98. The molecule has 0 atom stereocenters. The van der Waals surface area contributed by atoms with Crippen LogP contribution in [0.25, 0.3) is 0 Å². The van der Waals surface area contributed by atoms with Gasteiger partial charge >= 0.3 is 11.8 Å². The van der Waals surface area contributed by atoms with Crippen molar-refractivity contribution in [1.29, 1.82) is 0 Å². The molecule has 0 unspecified atom stereocenters. The van der Waals surface area contributed by atoms with E-state index in [0.29, 0.717) is 10.8 Å². The standard InChI is InChI=1S/C18H19ClN2O4/c1-24-14-6-8-15(9-7-14)25-11-10-20-17(22)18(23)21-12-13-4-2-3-5-16(13)19/h2-9H,10-12H2,1H3,(H,20,22)(H,21,23). The summed E-state index contributed by atoms with van der Waals surface area (Å²) in [5.74, 6) is -0.0520. The highest BCUT2D eigenvalue weighted by Crippen LogP contribution is 2.16. The van der Waals surface area contributed by atoms with E-state index in [4.69, 9.17) is 21.1 Å². The average Bonchev–Trinajstić information content (AvgIpc) is 2.64. The average molecular weight is 363 g/mol. The molecular weight excluding hydrogens is 344 g/mol. The van der Waals surface area contributed by atoms with E-state index < -0.39 is 11.8 Å². The summed E-state index contributed by atoms with van der Waals surface area (Å²) in [4.78, 5) is 23.5. The summed E-state index contributed by atoms with van der Waals surface area (Å²) in [5, 5.41) is 5.55. The van der Waals surface area contributed by atoms with Crippen molar-refractivity contribution in [1.82, 2.24) is 10.6 Å². The van der Waals surface area contributed by atoms with E-state index in [2.05, 4.69) is 10.6 Å². The maximum atomic E-state index is 11.7. The summed E-state index contributed by atoms with van der Waals surface area (Å²) in [6.07, 6.45) is 0. The lowest BCUT2D eigenvalue weighted by atomic mass is 10.2. The fraction of sp³-hybridized carbons (Fsp3) is 0.222. The Morgan fingerprint density at radius 1 is 0.960 bits per heavy atom. The Morgan fingerprint density at radius 2 is 1.60 bits per heavy atom. The van der Waals surface area contributed by atoms with Crippen LogP contribution in [0.3, 0.4) is 0 Å². The highest BCUT2D eigenvalue weighted by molar-refractivity contribution is 6.35. The van der Waals surface area contributed by atoms with Crippen LogP contribution >= 0.6 is 11.6 Å². The predicted molar refractivity (Wildman–Crippen MR) is 94.8 cm³/mol. The maximum absolute atomic E-state index is 11.7. The first-order valence-electron chi connectivity index (χ1n) is 7.66. The molecule has 6 nitrogen and oxygen atoms in total. The van der Waals surface area contributed by atoms with E-state index in [1.54, 1.807) is 49.6 Å². The molecule has 0 radical (unpaired) electrons. The monoisotopic (exact) mass is 362 g/mol. The van der Waals surface area contributed by atoms with Gasteiger partial charge in [0, 0.05) is 11.6 Å². The van der Waals surface area contributed by atoms with Crippen LogP contribution in [0, 0.1) is 0 Å². The molecule has 0 saturated heterocycles. The quantitative estimate of drug-likeness (QED) is 0.584. The lowest BCUT2D eigenvalue weighted by molar-refractivity contribution is -0.139. The molecule has 2 N–H and O–H groups in total. The molecule has 0 aliphatic heterocycles. The second-order valence-corrected chi connectivity index (χ2v) is 5.46. The first-order valence-corrected chi connectivity index (χ1v) is 8.04. The molecule has 0 aliphatic rings. The van der Waals surface area contributed by atoms with Gasteiger partial charge in [-0.2, -0.15) is 0 Å². The second kappa shape index (κ2) is 9.54. The van der Waals surface area contributed by atoms with Crippen LogP contribution in [0.2, 0.25) is 5.02 Å². The van der Waals surface area contributed by atoms with Gasteiger partial charge in [-0.3, -0.25) is 9.59 Å². The van der Waals surface area contributed by atoms with Gasteiger partial charge in [0.25, 0.3) is 0 Å². The van der Waals surface area contributed by atoms with Crippen LogP contribution in [0.4, 0.5) is 0 Å². The van der Waals surface area contributed by atoms with Crippen molar-refractivity contribution in [2.24, 2.45) is 0 Å². The van der Waals surface area contributed by atoms with Crippen molar-refractivity contribution in [2.75, 3.05) is 20.3 Å². The lowest BCUT2D eigenvalue weighted by Gasteiger charge is -2.09. The number of methoxy groups -OCH3 is 1. The smallest absolute Gasteiger partial charge is 0.309 e. The molecule has 0 heterocycles. The minimum Gasteiger partial charge on any atom is -0.497 e. The molecule has 132 valence electrons. The van der Waals surface area contributed by atoms with Gasteiger partial charge < -0.3 is 20.1 Å². The van der Waals surface area contributed by atoms with Crippen LogP contribution in [0.15, 0.2) is 48.5 Å². The number of hydrogen-bond donors (Lipinski definition) is 2. The third kappa shape index (κ3) is 6.00. The Hall–Kier alpha value is -2.73. The Labute approximate surface area is 151 Å². The molecule has 2 rings (SSSR count). The summed E-state index contributed by atoms with van der Waals surface area (Å²) in [7, 11) is 1.59. The minimum absolute atomic E-state index is 0.189. The van der Waals surface area contributed by atoms with Gasteiger partial charge in [-0.1, -0.05) is 29.8 Å². The van der Waals surface area contributed by atoms with Crippen molar-refractivity contribution in [3.63, 3.8) is 0 Å². The van der Waals surface area contributed by atoms with Gasteiger partial charge in [0.15, 0.2) is 0 Å². The van der Waals surface area contributed by atoms with Gasteiger partial charge in [0.1, 0.15) is 18.1 Å². The zero-order valence-corrected chi connectivity index (χ0v) is 14.5. The molecule has 2 aromatic rings. The van der Waals surface area contributed by atoms with E-state index in [1.807, 2.05) is 6.07 Å². The highest BCUT2D eigenvalue weighted by atomic mass is 35.5. The van der Waals surface area contributed by atoms with Crippen LogP contribution in [0.5, 0.6) is 11.5 Å². The third-order valence-electron chi connectivity index (χ3n) is 3.32. The SMILES string of the molecule is COc1ccc(OCCNC(=O)C(=O)NCc2ccccc2Cl)cc1. The van der Waals surface area contributed by atoms with Crippen molar-refractivity contribution in [3.8, 4) is 11.5 Å². The summed E-state index contributed by atoms with van der Waals surface area (Å²) in [6.45, 7) is 0.647. The maximum Gasteiger partial charge on any atom is 0.309 e. The van der Waals surface area contributed by atoms with E-state index in [-0.39, 0.29) is 19.7 Å². The van der Waals surface area contributed by atoms with Gasteiger partial charge in [0.2, 0.25) is 0 Å². The lowest BCUT2D eigenvalue weighted by Crippen LogP contribution is -2.41. The normalized spacial score (nSPS) is 10.0. The number of ether oxygens (including phenoxy) is 2. The Balaban J connectivity index is 1.67. The van der Waals surface area contributed by atoms with Crippen molar-refractivity contribution >= 4 is 23.4 Å². The molecule has 0 saturated carbocycles. The molecule has 0 aromatic heterocycles. The summed E-state index contributed by atoms with van der Waals surface area (Å²) in [6, 6.07) is 14.2. The van der Waals surface area contributed by atoms with E-state index in [9.17, 15) is 9.59 Å². The first-order chi connectivity index (χ1) is 12.1. The van der Waals surface area contributed by atoms with E-state index in [0.717, 1.165) is 11.3 Å². The first kappa shape index (κ1) is 18.6. The molecule has 25 heavy (non-hydrogen) atoms. The summed E-state index contributed by atoms with van der Waals surface area (Å²) < 4.78 is 10.5. The summed E-state index contributed by atoms with van der Waals surface area (Å²) >= 11 is 5.99. The molecule has 0 spiro atoms. The minimum atomic E-state index is -0.718. The van der Waals surface area contributed by atoms with E-state index in [1.165, 1.54) is 0 Å². The molecular formula is C18H19ClN2O4. The number of rotatable bonds is 7. The zero-order chi connectivity index (χ0) is 18.1. The number of nitrogens with one attached hydrogen (secondary N) is 2. The fourth-order valence-corrected chi connectivity index (χ4v) is 2.19. The van der Waals surface area contributed by atoms with Gasteiger partial charge in [-0.05, 0) is 35.9 Å². The number of amides is 2.